The third kappa shape index (κ3) is 4.04. The first-order valence-electron chi connectivity index (χ1n) is 11.0. The second-order valence-corrected chi connectivity index (χ2v) is 8.13. The number of carbonyl (C=O) groups is 1. The minimum atomic E-state index is -0.0599. The molecular formula is C26H26N4O2. The highest BCUT2D eigenvalue weighted by Gasteiger charge is 2.23. The molecule has 0 spiro atoms. The van der Waals surface area contributed by atoms with E-state index in [9.17, 15) is 4.79 Å². The van der Waals surface area contributed by atoms with Crippen molar-refractivity contribution in [2.45, 2.75) is 13.0 Å². The number of nitrogens with zero attached hydrogens (tertiary/aromatic N) is 3. The fourth-order valence-electron chi connectivity index (χ4n) is 4.34. The van der Waals surface area contributed by atoms with E-state index in [1.54, 1.807) is 6.20 Å². The Kier molecular flexibility index (Phi) is 5.50. The second kappa shape index (κ2) is 8.75. The van der Waals surface area contributed by atoms with Crippen molar-refractivity contribution in [3.05, 3.63) is 84.9 Å². The van der Waals surface area contributed by atoms with Gasteiger partial charge in [0.05, 0.1) is 12.2 Å². The Hall–Kier alpha value is -3.80. The summed E-state index contributed by atoms with van der Waals surface area (Å²) in [5.74, 6) is 0.762. The number of rotatable bonds is 4. The summed E-state index contributed by atoms with van der Waals surface area (Å²) in [7, 11) is 0. The molecule has 1 aliphatic rings. The van der Waals surface area contributed by atoms with Crippen LogP contribution in [0.4, 0.5) is 10.5 Å². The van der Waals surface area contributed by atoms with Gasteiger partial charge in [-0.2, -0.15) is 0 Å². The Labute approximate surface area is 187 Å². The smallest absolute Gasteiger partial charge is 0.317 e. The van der Waals surface area contributed by atoms with Crippen LogP contribution in [0.25, 0.3) is 22.1 Å². The van der Waals surface area contributed by atoms with Crippen LogP contribution < -0.4 is 10.2 Å². The summed E-state index contributed by atoms with van der Waals surface area (Å²) in [5.41, 5.74) is 3.30. The number of hydrogen-bond acceptors (Lipinski definition) is 4. The summed E-state index contributed by atoms with van der Waals surface area (Å²) in [5, 5.41) is 5.56. The number of hydrogen-bond donors (Lipinski definition) is 1. The van der Waals surface area contributed by atoms with Gasteiger partial charge < -0.3 is 19.5 Å². The van der Waals surface area contributed by atoms with Gasteiger partial charge in [-0.25, -0.2) is 9.78 Å². The topological polar surface area (TPSA) is 61.6 Å². The lowest BCUT2D eigenvalue weighted by Gasteiger charge is -2.36. The minimum absolute atomic E-state index is 0.00856. The maximum absolute atomic E-state index is 12.9. The Morgan fingerprint density at radius 3 is 2.47 bits per heavy atom. The molecule has 5 rings (SSSR count). The average Bonchev–Trinajstić information content (AvgIpc) is 3.39. The highest BCUT2D eigenvalue weighted by molar-refractivity contribution is 5.86. The van der Waals surface area contributed by atoms with Crippen LogP contribution >= 0.6 is 0 Å². The molecule has 1 N–H and O–H groups in total. The molecule has 1 atom stereocenters. The molecule has 2 amide bonds. The van der Waals surface area contributed by atoms with E-state index < -0.39 is 0 Å². The van der Waals surface area contributed by atoms with Gasteiger partial charge in [-0.05, 0) is 47.5 Å². The van der Waals surface area contributed by atoms with E-state index in [-0.39, 0.29) is 12.1 Å². The second-order valence-electron chi connectivity index (χ2n) is 8.13. The molecule has 1 saturated heterocycles. The number of amides is 2. The van der Waals surface area contributed by atoms with Gasteiger partial charge in [0.1, 0.15) is 0 Å². The number of urea groups is 1. The standard InChI is InChI=1S/C26H26N4O2/c1-19(23-8-4-6-20-5-2-3-7-24(20)23)28-26(31)30-15-13-29(14-16-30)22-11-9-21(10-12-22)25-17-27-18-32-25/h2-12,17-19H,13-16H2,1H3,(H,28,31). The minimum Gasteiger partial charge on any atom is -0.444 e. The van der Waals surface area contributed by atoms with Gasteiger partial charge in [0.2, 0.25) is 0 Å². The molecule has 1 aromatic heterocycles. The van der Waals surface area contributed by atoms with E-state index in [1.165, 1.54) is 17.2 Å². The number of carbonyl (C=O) groups excluding carboxylic acids is 1. The van der Waals surface area contributed by atoms with Gasteiger partial charge in [0.25, 0.3) is 0 Å². The first-order chi connectivity index (χ1) is 15.7. The Morgan fingerprint density at radius 1 is 0.969 bits per heavy atom. The van der Waals surface area contributed by atoms with Crippen LogP contribution in [0.1, 0.15) is 18.5 Å². The molecule has 6 nitrogen and oxygen atoms in total. The molecule has 0 saturated carbocycles. The van der Waals surface area contributed by atoms with Crippen LogP contribution in [0.2, 0.25) is 0 Å². The van der Waals surface area contributed by atoms with E-state index in [4.69, 9.17) is 4.42 Å². The number of fused-ring (bicyclic) bond motifs is 1. The fourth-order valence-corrected chi connectivity index (χ4v) is 4.34. The third-order valence-corrected chi connectivity index (χ3v) is 6.15. The maximum Gasteiger partial charge on any atom is 0.317 e. The van der Waals surface area contributed by atoms with Crippen molar-refractivity contribution in [2.75, 3.05) is 31.1 Å². The first-order valence-corrected chi connectivity index (χ1v) is 11.0. The molecule has 6 heteroatoms. The summed E-state index contributed by atoms with van der Waals surface area (Å²) in [4.78, 5) is 21.1. The van der Waals surface area contributed by atoms with E-state index in [2.05, 4.69) is 51.6 Å². The van der Waals surface area contributed by atoms with Crippen LogP contribution in [-0.4, -0.2) is 42.1 Å². The van der Waals surface area contributed by atoms with Crippen molar-refractivity contribution in [2.24, 2.45) is 0 Å². The normalized spacial score (nSPS) is 15.0. The number of nitrogens with one attached hydrogen (secondary N) is 1. The average molecular weight is 427 g/mol. The van der Waals surface area contributed by atoms with Crippen molar-refractivity contribution in [1.82, 2.24) is 15.2 Å². The van der Waals surface area contributed by atoms with Crippen molar-refractivity contribution in [3.8, 4) is 11.3 Å². The van der Waals surface area contributed by atoms with Crippen molar-refractivity contribution in [1.29, 1.82) is 0 Å². The summed E-state index contributed by atoms with van der Waals surface area (Å²) in [6.45, 7) is 5.04. The predicted molar refractivity (Wildman–Crippen MR) is 127 cm³/mol. The van der Waals surface area contributed by atoms with Gasteiger partial charge in [0.15, 0.2) is 12.2 Å². The molecular weight excluding hydrogens is 400 g/mol. The van der Waals surface area contributed by atoms with Crippen LogP contribution in [0, 0.1) is 0 Å². The van der Waals surface area contributed by atoms with Crippen molar-refractivity contribution in [3.63, 3.8) is 0 Å². The maximum atomic E-state index is 12.9. The van der Waals surface area contributed by atoms with Gasteiger partial charge in [-0.15, -0.1) is 0 Å². The number of oxazole rings is 1. The van der Waals surface area contributed by atoms with Crippen LogP contribution in [0.15, 0.2) is 83.7 Å². The number of piperazine rings is 1. The number of aromatic nitrogens is 1. The molecule has 0 bridgehead atoms. The molecule has 1 fully saturated rings. The lowest BCUT2D eigenvalue weighted by molar-refractivity contribution is 0.191. The zero-order valence-corrected chi connectivity index (χ0v) is 18.1. The Morgan fingerprint density at radius 2 is 1.72 bits per heavy atom. The van der Waals surface area contributed by atoms with E-state index in [1.807, 2.05) is 42.2 Å². The molecule has 3 aromatic carbocycles. The lowest BCUT2D eigenvalue weighted by atomic mass is 10.00. The molecule has 32 heavy (non-hydrogen) atoms. The quantitative estimate of drug-likeness (QED) is 0.494. The van der Waals surface area contributed by atoms with Crippen molar-refractivity contribution >= 4 is 22.5 Å². The van der Waals surface area contributed by atoms with Crippen LogP contribution in [-0.2, 0) is 0 Å². The van der Waals surface area contributed by atoms with Gasteiger partial charge in [-0.1, -0.05) is 42.5 Å². The molecule has 2 heterocycles. The molecule has 4 aromatic rings. The molecule has 162 valence electrons. The highest BCUT2D eigenvalue weighted by Crippen LogP contribution is 2.25. The zero-order chi connectivity index (χ0) is 21.9. The summed E-state index contributed by atoms with van der Waals surface area (Å²) < 4.78 is 5.36. The van der Waals surface area contributed by atoms with E-state index in [0.717, 1.165) is 35.7 Å². The SMILES string of the molecule is CC(NC(=O)N1CCN(c2ccc(-c3cnco3)cc2)CC1)c1cccc2ccccc12. The largest absolute Gasteiger partial charge is 0.444 e. The van der Waals surface area contributed by atoms with Gasteiger partial charge in [0, 0.05) is 37.4 Å². The predicted octanol–water partition coefficient (Wildman–Crippen LogP) is 5.09. The Balaban J connectivity index is 1.19. The lowest BCUT2D eigenvalue weighted by Crippen LogP contribution is -2.52. The van der Waals surface area contributed by atoms with E-state index in [0.29, 0.717) is 13.1 Å². The van der Waals surface area contributed by atoms with E-state index >= 15 is 0 Å². The van der Waals surface area contributed by atoms with Crippen LogP contribution in [0.3, 0.4) is 0 Å². The summed E-state index contributed by atoms with van der Waals surface area (Å²) in [6.07, 6.45) is 3.15. The van der Waals surface area contributed by atoms with Crippen molar-refractivity contribution < 1.29 is 9.21 Å². The molecule has 0 radical (unpaired) electrons. The molecule has 0 aliphatic carbocycles. The number of anilines is 1. The van der Waals surface area contributed by atoms with Crippen LogP contribution in [0.5, 0.6) is 0 Å². The third-order valence-electron chi connectivity index (χ3n) is 6.15. The fraction of sp³-hybridized carbons (Fsp3) is 0.231. The highest BCUT2D eigenvalue weighted by atomic mass is 16.3. The van der Waals surface area contributed by atoms with Gasteiger partial charge >= 0.3 is 6.03 Å². The number of benzene rings is 3. The van der Waals surface area contributed by atoms with Gasteiger partial charge in [-0.3, -0.25) is 0 Å². The molecule has 1 aliphatic heterocycles. The summed E-state index contributed by atoms with van der Waals surface area (Å²) in [6, 6.07) is 22.7. The Bertz CT molecular complexity index is 1190. The summed E-state index contributed by atoms with van der Waals surface area (Å²) >= 11 is 0. The zero-order valence-electron chi connectivity index (χ0n) is 18.1. The molecule has 1 unspecified atom stereocenters. The first kappa shape index (κ1) is 20.1. The monoisotopic (exact) mass is 426 g/mol.